The van der Waals surface area contributed by atoms with E-state index in [1.54, 1.807) is 30.4 Å². The zero-order chi connectivity index (χ0) is 25.9. The highest BCUT2D eigenvalue weighted by Gasteiger charge is 2.21. The predicted molar refractivity (Wildman–Crippen MR) is 146 cm³/mol. The Hall–Kier alpha value is -3.40. The van der Waals surface area contributed by atoms with Gasteiger partial charge in [0.1, 0.15) is 11.8 Å². The molecule has 36 heavy (non-hydrogen) atoms. The highest BCUT2D eigenvalue weighted by atomic mass is 32.2. The van der Waals surface area contributed by atoms with E-state index in [1.807, 2.05) is 6.92 Å². The van der Waals surface area contributed by atoms with E-state index >= 15 is 0 Å². The molecule has 1 amide bonds. The lowest BCUT2D eigenvalue weighted by Crippen LogP contribution is -2.44. The summed E-state index contributed by atoms with van der Waals surface area (Å²) in [6.07, 6.45) is 5.82. The number of nitrogens with zero attached hydrogens (tertiary/aromatic N) is 8. The van der Waals surface area contributed by atoms with E-state index in [9.17, 15) is 4.79 Å². The predicted octanol–water partition coefficient (Wildman–Crippen LogP) is 3.55. The van der Waals surface area contributed by atoms with Gasteiger partial charge in [-0.1, -0.05) is 30.1 Å². The number of piperazine rings is 1. The van der Waals surface area contributed by atoms with Gasteiger partial charge in [0, 0.05) is 50.9 Å². The smallest absolute Gasteiger partial charge is 0.226 e. The van der Waals surface area contributed by atoms with E-state index in [1.165, 1.54) is 23.2 Å². The molecular formula is C24H29N9OS2. The molecule has 1 saturated heterocycles. The van der Waals surface area contributed by atoms with Gasteiger partial charge < -0.3 is 14.5 Å². The summed E-state index contributed by atoms with van der Waals surface area (Å²) in [6.45, 7) is 7.09. The molecule has 1 aromatic carbocycles. The molecule has 3 heterocycles. The molecule has 1 aliphatic rings. The monoisotopic (exact) mass is 523 g/mol. The lowest BCUT2D eigenvalue weighted by molar-refractivity contribution is -0.105. The van der Waals surface area contributed by atoms with Crippen LogP contribution < -0.4 is 14.5 Å². The summed E-state index contributed by atoms with van der Waals surface area (Å²) in [5, 5.41) is 12.2. The fourth-order valence-electron chi connectivity index (χ4n) is 3.37. The van der Waals surface area contributed by atoms with Gasteiger partial charge in [-0.05, 0) is 43.5 Å². The number of anilines is 3. The molecule has 0 atom stereocenters. The Balaban J connectivity index is 0.000000275. The number of benzene rings is 1. The van der Waals surface area contributed by atoms with Gasteiger partial charge >= 0.3 is 0 Å². The van der Waals surface area contributed by atoms with E-state index in [-0.39, 0.29) is 0 Å². The normalized spacial score (nSPS) is 13.2. The Kier molecular flexibility index (Phi) is 10.3. The molecule has 0 radical (unpaired) electrons. The molecule has 0 saturated carbocycles. The molecule has 0 spiro atoms. The Labute approximate surface area is 220 Å². The first-order valence-corrected chi connectivity index (χ1v) is 13.2. The van der Waals surface area contributed by atoms with Crippen LogP contribution in [-0.2, 0) is 4.79 Å². The molecular weight excluding hydrogens is 494 g/mol. The maximum Gasteiger partial charge on any atom is 0.226 e. The zero-order valence-corrected chi connectivity index (χ0v) is 22.4. The number of nitrogens with one attached hydrogen (secondary N) is 1. The molecule has 2 aromatic heterocycles. The lowest BCUT2D eigenvalue weighted by atomic mass is 10.2. The number of hydrogen-bond acceptors (Lipinski definition) is 11. The van der Waals surface area contributed by atoms with Crippen LogP contribution in [0.4, 0.5) is 17.3 Å². The number of carbonyl (C=O) groups is 1. The Morgan fingerprint density at radius 2 is 1.81 bits per heavy atom. The summed E-state index contributed by atoms with van der Waals surface area (Å²) in [4.78, 5) is 29.6. The first-order valence-electron chi connectivity index (χ1n) is 11.2. The highest BCUT2D eigenvalue weighted by Crippen LogP contribution is 2.23. The van der Waals surface area contributed by atoms with Crippen molar-refractivity contribution >= 4 is 47.6 Å². The van der Waals surface area contributed by atoms with Gasteiger partial charge in [-0.25, -0.2) is 24.2 Å². The van der Waals surface area contributed by atoms with Crippen LogP contribution in [0.5, 0.6) is 0 Å². The summed E-state index contributed by atoms with van der Waals surface area (Å²) in [7, 11) is 2.08. The van der Waals surface area contributed by atoms with Crippen molar-refractivity contribution in [2.24, 2.45) is 0 Å². The molecule has 188 valence electrons. The van der Waals surface area contributed by atoms with E-state index in [2.05, 4.69) is 89.3 Å². The van der Waals surface area contributed by atoms with Crippen molar-refractivity contribution in [3.63, 3.8) is 0 Å². The largest absolute Gasteiger partial charge is 0.338 e. The third-order valence-electron chi connectivity index (χ3n) is 5.27. The van der Waals surface area contributed by atoms with Crippen molar-refractivity contribution in [3.05, 3.63) is 59.7 Å². The summed E-state index contributed by atoms with van der Waals surface area (Å²) in [5.74, 6) is 0.599. The van der Waals surface area contributed by atoms with Crippen molar-refractivity contribution < 1.29 is 4.79 Å². The average Bonchev–Trinajstić information content (AvgIpc) is 2.90. The molecule has 4 rings (SSSR count). The second-order valence-corrected chi connectivity index (χ2v) is 9.77. The minimum absolute atomic E-state index is 0.386. The minimum atomic E-state index is 0.386. The molecule has 1 aliphatic heterocycles. The standard InChI is InChI=1S/C15H16N8OS.C9H13NS/c1-11-6-12(7-16)21-14(20-11)22-2-4-23(5-3-22)25-15-17-8-13(9-18-15)19-10-24;1-8-6-4-5-7-9(8)10(2)11-3/h6,8-10H,2-5H2,1H3,(H,19,24);4-7H,1-3H3. The van der Waals surface area contributed by atoms with Crippen molar-refractivity contribution in [1.29, 1.82) is 5.26 Å². The van der Waals surface area contributed by atoms with Gasteiger partial charge in [0.05, 0.1) is 18.1 Å². The molecule has 10 nitrogen and oxygen atoms in total. The van der Waals surface area contributed by atoms with Gasteiger partial charge in [-0.2, -0.15) is 5.26 Å². The number of para-hydroxylation sites is 1. The fourth-order valence-corrected chi connectivity index (χ4v) is 4.55. The second kappa shape index (κ2) is 13.6. The first-order chi connectivity index (χ1) is 17.4. The maximum atomic E-state index is 10.4. The Bertz CT molecular complexity index is 1180. The number of hydrogen-bond donors (Lipinski definition) is 1. The summed E-state index contributed by atoms with van der Waals surface area (Å²) in [6, 6.07) is 12.1. The third kappa shape index (κ3) is 7.81. The SMILES string of the molecule is CSN(C)c1ccccc1C.Cc1cc(C#N)nc(N2CCN(Sc3ncc(NC=O)cn3)CC2)n1. The first kappa shape index (κ1) is 27.2. The second-order valence-electron chi connectivity index (χ2n) is 7.80. The molecule has 3 aromatic rings. The van der Waals surface area contributed by atoms with Crippen LogP contribution in [0.25, 0.3) is 0 Å². The van der Waals surface area contributed by atoms with Gasteiger partial charge in [0.2, 0.25) is 17.5 Å². The van der Waals surface area contributed by atoms with E-state index in [0.29, 0.717) is 28.9 Å². The van der Waals surface area contributed by atoms with E-state index in [0.717, 1.165) is 31.9 Å². The maximum absolute atomic E-state index is 10.4. The van der Waals surface area contributed by atoms with Crippen LogP contribution >= 0.6 is 23.9 Å². The van der Waals surface area contributed by atoms with Crippen molar-refractivity contribution in [3.8, 4) is 6.07 Å². The topological polar surface area (TPSA) is 114 Å². The van der Waals surface area contributed by atoms with E-state index in [4.69, 9.17) is 5.26 Å². The van der Waals surface area contributed by atoms with Gasteiger partial charge in [-0.15, -0.1) is 0 Å². The lowest BCUT2D eigenvalue weighted by Gasteiger charge is -2.33. The molecule has 0 aliphatic carbocycles. The van der Waals surface area contributed by atoms with Crippen molar-refractivity contribution in [1.82, 2.24) is 24.2 Å². The molecule has 12 heteroatoms. The van der Waals surface area contributed by atoms with Crippen LogP contribution in [0.15, 0.2) is 47.9 Å². The quantitative estimate of drug-likeness (QED) is 0.278. The number of aryl methyl sites for hydroxylation is 2. The average molecular weight is 524 g/mol. The number of aromatic nitrogens is 4. The van der Waals surface area contributed by atoms with Crippen molar-refractivity contribution in [2.75, 3.05) is 54.0 Å². The fraction of sp³-hybridized carbons (Fsp3) is 0.333. The highest BCUT2D eigenvalue weighted by molar-refractivity contribution is 7.99. The Morgan fingerprint density at radius 1 is 1.11 bits per heavy atom. The number of amides is 1. The van der Waals surface area contributed by atoms with Gasteiger partial charge in [0.25, 0.3) is 0 Å². The summed E-state index contributed by atoms with van der Waals surface area (Å²) in [5.41, 5.74) is 4.35. The number of nitriles is 1. The number of carbonyl (C=O) groups excluding carboxylic acids is 1. The molecule has 1 N–H and O–H groups in total. The van der Waals surface area contributed by atoms with Crippen LogP contribution in [0.3, 0.4) is 0 Å². The van der Waals surface area contributed by atoms with Gasteiger partial charge in [-0.3, -0.25) is 4.79 Å². The zero-order valence-electron chi connectivity index (χ0n) is 20.7. The van der Waals surface area contributed by atoms with Crippen LogP contribution in [0.2, 0.25) is 0 Å². The Morgan fingerprint density at radius 3 is 2.42 bits per heavy atom. The van der Waals surface area contributed by atoms with Crippen LogP contribution in [-0.4, -0.2) is 70.1 Å². The summed E-state index contributed by atoms with van der Waals surface area (Å²) >= 11 is 3.20. The van der Waals surface area contributed by atoms with Crippen LogP contribution in [0, 0.1) is 25.2 Å². The van der Waals surface area contributed by atoms with Crippen LogP contribution in [0.1, 0.15) is 17.0 Å². The molecule has 1 fully saturated rings. The van der Waals surface area contributed by atoms with E-state index < -0.39 is 0 Å². The molecule has 0 bridgehead atoms. The van der Waals surface area contributed by atoms with Crippen molar-refractivity contribution in [2.45, 2.75) is 19.0 Å². The number of rotatable bonds is 7. The minimum Gasteiger partial charge on any atom is -0.338 e. The third-order valence-corrected chi connectivity index (χ3v) is 7.01. The molecule has 0 unspecified atom stereocenters. The van der Waals surface area contributed by atoms with Gasteiger partial charge in [0.15, 0.2) is 0 Å². The summed E-state index contributed by atoms with van der Waals surface area (Å²) < 4.78 is 4.33.